The number of methoxy groups -OCH3 is 1. The molecule has 2 aromatic carbocycles. The van der Waals surface area contributed by atoms with Crippen molar-refractivity contribution in [3.05, 3.63) is 53.1 Å². The summed E-state index contributed by atoms with van der Waals surface area (Å²) in [7, 11) is 1.38. The molecule has 0 radical (unpaired) electrons. The van der Waals surface area contributed by atoms with Crippen molar-refractivity contribution >= 4 is 17.4 Å². The molecule has 0 aliphatic heterocycles. The summed E-state index contributed by atoms with van der Waals surface area (Å²) in [5.74, 6) is -0.286. The predicted molar refractivity (Wildman–Crippen MR) is 89.4 cm³/mol. The Hall–Kier alpha value is -2.62. The van der Waals surface area contributed by atoms with Crippen LogP contribution in [0.25, 0.3) is 11.1 Å². The molecule has 0 aromatic heterocycles. The molecule has 1 aliphatic rings. The number of fused-ring (bicyclic) bond motifs is 3. The van der Waals surface area contributed by atoms with Crippen LogP contribution in [0.4, 0.5) is 5.69 Å². The van der Waals surface area contributed by atoms with E-state index in [2.05, 4.69) is 0 Å². The minimum atomic E-state index is -0.557. The number of hydrogen-bond donors (Lipinski definition) is 1. The minimum absolute atomic E-state index is 0.00341. The van der Waals surface area contributed by atoms with Crippen molar-refractivity contribution in [1.82, 2.24) is 0 Å². The van der Waals surface area contributed by atoms with Crippen LogP contribution in [-0.4, -0.2) is 18.9 Å². The molecule has 0 saturated heterocycles. The van der Waals surface area contributed by atoms with Crippen molar-refractivity contribution in [2.75, 3.05) is 12.8 Å². The van der Waals surface area contributed by atoms with Gasteiger partial charge in [0.2, 0.25) is 0 Å². The highest BCUT2D eigenvalue weighted by atomic mass is 16.5. The molecule has 1 aliphatic carbocycles. The Kier molecular flexibility index (Phi) is 3.48. The van der Waals surface area contributed by atoms with E-state index in [4.69, 9.17) is 10.5 Å². The van der Waals surface area contributed by atoms with Crippen molar-refractivity contribution in [3.63, 3.8) is 0 Å². The van der Waals surface area contributed by atoms with Gasteiger partial charge >= 0.3 is 5.97 Å². The number of ether oxygens (including phenoxy) is 1. The number of benzene rings is 2. The zero-order chi connectivity index (χ0) is 16.8. The van der Waals surface area contributed by atoms with Gasteiger partial charge in [-0.3, -0.25) is 9.59 Å². The average Bonchev–Trinajstić information content (AvgIpc) is 2.76. The molecule has 0 fully saturated rings. The average molecular weight is 309 g/mol. The molecular formula is C19H19NO3. The number of anilines is 1. The first-order valence-corrected chi connectivity index (χ1v) is 7.49. The van der Waals surface area contributed by atoms with E-state index in [0.29, 0.717) is 11.3 Å². The fourth-order valence-corrected chi connectivity index (χ4v) is 3.40. The van der Waals surface area contributed by atoms with Gasteiger partial charge in [0, 0.05) is 16.7 Å². The topological polar surface area (TPSA) is 69.4 Å². The lowest BCUT2D eigenvalue weighted by molar-refractivity contribution is -0.141. The Morgan fingerprint density at radius 3 is 2.30 bits per heavy atom. The van der Waals surface area contributed by atoms with Crippen LogP contribution in [-0.2, 0) is 14.9 Å². The third-order valence-electron chi connectivity index (χ3n) is 4.67. The molecule has 2 N–H and O–H groups in total. The number of carbonyl (C=O) groups excluding carboxylic acids is 2. The van der Waals surface area contributed by atoms with Gasteiger partial charge in [0.25, 0.3) is 0 Å². The molecule has 118 valence electrons. The summed E-state index contributed by atoms with van der Waals surface area (Å²) in [6, 6.07) is 11.4. The number of nitrogens with two attached hydrogens (primary N) is 1. The van der Waals surface area contributed by atoms with Crippen molar-refractivity contribution in [2.45, 2.75) is 25.7 Å². The summed E-state index contributed by atoms with van der Waals surface area (Å²) in [6.07, 6.45) is 0.203. The van der Waals surface area contributed by atoms with E-state index in [-0.39, 0.29) is 18.2 Å². The van der Waals surface area contributed by atoms with E-state index in [1.165, 1.54) is 7.11 Å². The zero-order valence-corrected chi connectivity index (χ0v) is 13.5. The Labute approximate surface area is 135 Å². The van der Waals surface area contributed by atoms with Gasteiger partial charge in [0.05, 0.1) is 13.5 Å². The molecular weight excluding hydrogens is 290 g/mol. The zero-order valence-electron chi connectivity index (χ0n) is 13.5. The smallest absolute Gasteiger partial charge is 0.306 e. The Morgan fingerprint density at radius 1 is 1.09 bits per heavy atom. The first-order chi connectivity index (χ1) is 10.9. The van der Waals surface area contributed by atoms with Crippen LogP contribution in [0.1, 0.15) is 41.8 Å². The lowest BCUT2D eigenvalue weighted by Gasteiger charge is -2.26. The van der Waals surface area contributed by atoms with Crippen LogP contribution in [0.5, 0.6) is 0 Å². The lowest BCUT2D eigenvalue weighted by atomic mass is 9.77. The molecule has 23 heavy (non-hydrogen) atoms. The maximum atomic E-state index is 12.0. The fraction of sp³-hybridized carbons (Fsp3) is 0.263. The Morgan fingerprint density at radius 2 is 1.70 bits per heavy atom. The largest absolute Gasteiger partial charge is 0.469 e. The SMILES string of the molecule is COC(=O)CC1(C)c2cc(N)ccc2-c2ccc(C(C)=O)cc21. The van der Waals surface area contributed by atoms with Crippen LogP contribution in [0.3, 0.4) is 0 Å². The Balaban J connectivity index is 2.26. The van der Waals surface area contributed by atoms with Crippen molar-refractivity contribution in [1.29, 1.82) is 0 Å². The second-order valence-corrected chi connectivity index (χ2v) is 6.21. The number of Topliss-reactive ketones (excluding diaryl/α,β-unsaturated/α-hetero) is 1. The van der Waals surface area contributed by atoms with Gasteiger partial charge in [-0.1, -0.05) is 25.1 Å². The first kappa shape index (κ1) is 15.3. The summed E-state index contributed by atoms with van der Waals surface area (Å²) >= 11 is 0. The van der Waals surface area contributed by atoms with E-state index in [1.54, 1.807) is 6.92 Å². The van der Waals surface area contributed by atoms with Gasteiger partial charge in [-0.05, 0) is 47.4 Å². The molecule has 0 bridgehead atoms. The monoisotopic (exact) mass is 309 g/mol. The van der Waals surface area contributed by atoms with E-state index in [9.17, 15) is 9.59 Å². The highest BCUT2D eigenvalue weighted by molar-refractivity contribution is 5.96. The number of carbonyl (C=O) groups is 2. The van der Waals surface area contributed by atoms with E-state index in [1.807, 2.05) is 43.3 Å². The third kappa shape index (κ3) is 2.31. The second-order valence-electron chi connectivity index (χ2n) is 6.21. The molecule has 2 aromatic rings. The number of nitrogen functional groups attached to an aromatic ring is 1. The predicted octanol–water partition coefficient (Wildman–Crippen LogP) is 3.32. The standard InChI is InChI=1S/C19H19NO3/c1-11(21)12-4-6-14-15-7-5-13(20)9-17(15)19(2,16(14)8-12)10-18(22)23-3/h4-9H,10,20H2,1-3H3. The van der Waals surface area contributed by atoms with Crippen LogP contribution < -0.4 is 5.73 Å². The molecule has 4 nitrogen and oxygen atoms in total. The van der Waals surface area contributed by atoms with Gasteiger partial charge < -0.3 is 10.5 Å². The van der Waals surface area contributed by atoms with Gasteiger partial charge in [0.1, 0.15) is 0 Å². The molecule has 1 unspecified atom stereocenters. The van der Waals surface area contributed by atoms with Gasteiger partial charge in [0.15, 0.2) is 5.78 Å². The van der Waals surface area contributed by atoms with Crippen molar-refractivity contribution in [3.8, 4) is 11.1 Å². The molecule has 1 atom stereocenters. The van der Waals surface area contributed by atoms with E-state index in [0.717, 1.165) is 22.3 Å². The molecule has 0 amide bonds. The number of rotatable bonds is 3. The Bertz CT molecular complexity index is 825. The summed E-state index contributed by atoms with van der Waals surface area (Å²) < 4.78 is 4.88. The first-order valence-electron chi connectivity index (χ1n) is 7.49. The molecule has 0 saturated carbocycles. The van der Waals surface area contributed by atoms with Crippen LogP contribution in [0.2, 0.25) is 0 Å². The fourth-order valence-electron chi connectivity index (χ4n) is 3.40. The lowest BCUT2D eigenvalue weighted by Crippen LogP contribution is -2.26. The molecule has 4 heteroatoms. The van der Waals surface area contributed by atoms with Crippen LogP contribution in [0.15, 0.2) is 36.4 Å². The van der Waals surface area contributed by atoms with Crippen molar-refractivity contribution in [2.24, 2.45) is 0 Å². The van der Waals surface area contributed by atoms with Gasteiger partial charge in [-0.25, -0.2) is 0 Å². The highest BCUT2D eigenvalue weighted by Gasteiger charge is 2.41. The summed E-state index contributed by atoms with van der Waals surface area (Å²) in [6.45, 7) is 3.54. The van der Waals surface area contributed by atoms with Gasteiger partial charge in [-0.15, -0.1) is 0 Å². The second kappa shape index (κ2) is 5.23. The van der Waals surface area contributed by atoms with Gasteiger partial charge in [-0.2, -0.15) is 0 Å². The highest BCUT2D eigenvalue weighted by Crippen LogP contribution is 2.51. The molecule has 3 rings (SSSR count). The molecule has 0 heterocycles. The van der Waals surface area contributed by atoms with Crippen LogP contribution >= 0.6 is 0 Å². The van der Waals surface area contributed by atoms with E-state index < -0.39 is 5.41 Å². The maximum absolute atomic E-state index is 12.0. The quantitative estimate of drug-likeness (QED) is 0.536. The summed E-state index contributed by atoms with van der Waals surface area (Å²) in [5.41, 5.74) is 10.8. The normalized spacial score (nSPS) is 18.2. The number of esters is 1. The van der Waals surface area contributed by atoms with Crippen LogP contribution in [0, 0.1) is 0 Å². The maximum Gasteiger partial charge on any atom is 0.306 e. The number of hydrogen-bond acceptors (Lipinski definition) is 4. The summed E-state index contributed by atoms with van der Waals surface area (Å²) in [5, 5.41) is 0. The minimum Gasteiger partial charge on any atom is -0.469 e. The molecule has 0 spiro atoms. The van der Waals surface area contributed by atoms with E-state index >= 15 is 0 Å². The number of ketones is 1. The van der Waals surface area contributed by atoms with Crippen molar-refractivity contribution < 1.29 is 14.3 Å². The third-order valence-corrected chi connectivity index (χ3v) is 4.67. The summed E-state index contributed by atoms with van der Waals surface area (Å²) in [4.78, 5) is 23.7.